The first kappa shape index (κ1) is 23.8. The normalized spacial score (nSPS) is 14.5. The minimum absolute atomic E-state index is 0.322. The van der Waals surface area contributed by atoms with Crippen LogP contribution < -0.4 is 11.5 Å². The van der Waals surface area contributed by atoms with Crippen LogP contribution in [0.15, 0.2) is 79.0 Å². The Balaban J connectivity index is 1.44. The molecule has 188 valence electrons. The van der Waals surface area contributed by atoms with Gasteiger partial charge in [0.05, 0.1) is 17.8 Å². The minimum Gasteiger partial charge on any atom is -0.383 e. The number of nitrogen functional groups attached to an aromatic ring is 1. The van der Waals surface area contributed by atoms with Crippen LogP contribution in [-0.4, -0.2) is 43.6 Å². The molecule has 0 radical (unpaired) electrons. The lowest BCUT2D eigenvalue weighted by Crippen LogP contribution is -2.39. The zero-order chi connectivity index (χ0) is 26.1. The molecule has 1 saturated heterocycles. The highest BCUT2D eigenvalue weighted by atomic mass is 15.1. The van der Waals surface area contributed by atoms with E-state index in [2.05, 4.69) is 39.0 Å². The molecule has 0 spiro atoms. The summed E-state index contributed by atoms with van der Waals surface area (Å²) in [5, 5.41) is 0. The summed E-state index contributed by atoms with van der Waals surface area (Å²) >= 11 is 0. The Hall–Kier alpha value is -4.58. The van der Waals surface area contributed by atoms with Crippen LogP contribution in [0, 0.1) is 6.57 Å². The SMILES string of the molecule is [C-]#[N+]c1cccc(-c2ccc3nc(-c4cccnc4N)n(-c4ccc(CN5CCC(N)CC5)cc4)c3n2)c1. The lowest BCUT2D eigenvalue weighted by molar-refractivity contribution is 0.205. The maximum absolute atomic E-state index is 7.37. The lowest BCUT2D eigenvalue weighted by Gasteiger charge is -2.30. The number of piperidine rings is 1. The highest BCUT2D eigenvalue weighted by Gasteiger charge is 2.20. The number of benzene rings is 2. The standard InChI is InChI=1S/C30H28N8/c1-33-23-5-2-4-21(18-23)26-11-12-27-30(35-26)38(29(36-27)25-6-3-15-34-28(25)32)24-9-7-20(8-10-24)19-37-16-13-22(31)14-17-37/h2-12,15,18,22H,13-14,16-17,19,31H2,(H2,32,34). The number of nitrogens with two attached hydrogens (primary N) is 2. The maximum atomic E-state index is 7.37. The predicted octanol–water partition coefficient (Wildman–Crippen LogP) is 5.21. The van der Waals surface area contributed by atoms with Gasteiger partial charge in [0.2, 0.25) is 0 Å². The van der Waals surface area contributed by atoms with E-state index in [1.165, 1.54) is 5.56 Å². The summed E-state index contributed by atoms with van der Waals surface area (Å²) in [6, 6.07) is 24.0. The predicted molar refractivity (Wildman–Crippen MR) is 151 cm³/mol. The van der Waals surface area contributed by atoms with Crippen LogP contribution in [0.2, 0.25) is 0 Å². The highest BCUT2D eigenvalue weighted by molar-refractivity contribution is 5.84. The average molecular weight is 501 g/mol. The summed E-state index contributed by atoms with van der Waals surface area (Å²) in [6.07, 6.45) is 3.76. The van der Waals surface area contributed by atoms with Crippen LogP contribution in [0.4, 0.5) is 11.5 Å². The molecule has 6 rings (SSSR count). The first-order valence-electron chi connectivity index (χ1n) is 12.7. The van der Waals surface area contributed by atoms with Crippen molar-refractivity contribution in [2.45, 2.75) is 25.4 Å². The third-order valence-corrected chi connectivity index (χ3v) is 7.09. The smallest absolute Gasteiger partial charge is 0.187 e. The highest BCUT2D eigenvalue weighted by Crippen LogP contribution is 2.32. The van der Waals surface area contributed by atoms with E-state index >= 15 is 0 Å². The first-order valence-corrected chi connectivity index (χ1v) is 12.7. The fraction of sp³-hybridized carbons (Fsp3) is 0.200. The van der Waals surface area contributed by atoms with Gasteiger partial charge in [0.15, 0.2) is 17.2 Å². The summed E-state index contributed by atoms with van der Waals surface area (Å²) in [7, 11) is 0. The first-order chi connectivity index (χ1) is 18.6. The van der Waals surface area contributed by atoms with E-state index in [1.54, 1.807) is 12.3 Å². The van der Waals surface area contributed by atoms with Gasteiger partial charge in [-0.05, 0) is 79.5 Å². The Bertz CT molecular complexity index is 1640. The van der Waals surface area contributed by atoms with E-state index in [9.17, 15) is 0 Å². The fourth-order valence-electron chi connectivity index (χ4n) is 5.00. The average Bonchev–Trinajstić information content (AvgIpc) is 3.33. The molecule has 0 saturated carbocycles. The van der Waals surface area contributed by atoms with Crippen molar-refractivity contribution in [2.24, 2.45) is 5.73 Å². The second-order valence-corrected chi connectivity index (χ2v) is 9.69. The van der Waals surface area contributed by atoms with Crippen molar-refractivity contribution in [3.8, 4) is 28.3 Å². The molecule has 5 aromatic rings. The Labute approximate surface area is 221 Å². The molecular weight excluding hydrogens is 472 g/mol. The Morgan fingerprint density at radius 3 is 2.53 bits per heavy atom. The molecule has 8 heteroatoms. The van der Waals surface area contributed by atoms with Gasteiger partial charge in [-0.25, -0.2) is 19.8 Å². The van der Waals surface area contributed by atoms with Gasteiger partial charge < -0.3 is 11.5 Å². The molecule has 0 aliphatic carbocycles. The largest absolute Gasteiger partial charge is 0.383 e. The van der Waals surface area contributed by atoms with Crippen LogP contribution in [0.3, 0.4) is 0 Å². The van der Waals surface area contributed by atoms with Gasteiger partial charge in [0.25, 0.3) is 0 Å². The van der Waals surface area contributed by atoms with E-state index in [-0.39, 0.29) is 0 Å². The molecule has 1 fully saturated rings. The molecule has 3 aromatic heterocycles. The number of nitrogens with zero attached hydrogens (tertiary/aromatic N) is 6. The number of aromatic nitrogens is 4. The van der Waals surface area contributed by atoms with Crippen LogP contribution in [-0.2, 0) is 6.54 Å². The number of imidazole rings is 1. The van der Waals surface area contributed by atoms with Crippen LogP contribution in [0.25, 0.3) is 44.3 Å². The lowest BCUT2D eigenvalue weighted by atomic mass is 10.1. The molecule has 0 unspecified atom stereocenters. The van der Waals surface area contributed by atoms with E-state index in [1.807, 2.05) is 47.0 Å². The molecule has 0 bridgehead atoms. The molecule has 0 atom stereocenters. The van der Waals surface area contributed by atoms with Gasteiger partial charge in [0.1, 0.15) is 11.3 Å². The molecule has 2 aromatic carbocycles. The van der Waals surface area contributed by atoms with E-state index < -0.39 is 0 Å². The summed E-state index contributed by atoms with van der Waals surface area (Å²) in [5.41, 5.74) is 19.0. The van der Waals surface area contributed by atoms with E-state index in [4.69, 9.17) is 28.0 Å². The second kappa shape index (κ2) is 10.1. The number of pyridine rings is 2. The molecule has 1 aliphatic heterocycles. The number of rotatable bonds is 5. The van der Waals surface area contributed by atoms with Gasteiger partial charge in [-0.3, -0.25) is 9.47 Å². The van der Waals surface area contributed by atoms with Crippen LogP contribution in [0.1, 0.15) is 18.4 Å². The van der Waals surface area contributed by atoms with Gasteiger partial charge in [-0.1, -0.05) is 30.3 Å². The van der Waals surface area contributed by atoms with E-state index in [0.29, 0.717) is 29.0 Å². The molecule has 8 nitrogen and oxygen atoms in total. The minimum atomic E-state index is 0.322. The Kier molecular flexibility index (Phi) is 6.30. The van der Waals surface area contributed by atoms with Gasteiger partial charge in [-0.15, -0.1) is 0 Å². The molecular formula is C30H28N8. The molecule has 0 amide bonds. The van der Waals surface area contributed by atoms with Crippen molar-refractivity contribution in [1.29, 1.82) is 0 Å². The summed E-state index contributed by atoms with van der Waals surface area (Å²) in [6.45, 7) is 10.3. The molecule has 38 heavy (non-hydrogen) atoms. The Morgan fingerprint density at radius 2 is 1.76 bits per heavy atom. The summed E-state index contributed by atoms with van der Waals surface area (Å²) < 4.78 is 2.04. The van der Waals surface area contributed by atoms with Crippen molar-refractivity contribution in [2.75, 3.05) is 18.8 Å². The number of hydrogen-bond acceptors (Lipinski definition) is 6. The van der Waals surface area contributed by atoms with Crippen LogP contribution in [0.5, 0.6) is 0 Å². The van der Waals surface area contributed by atoms with Crippen molar-refractivity contribution in [3.05, 3.63) is 96.0 Å². The third-order valence-electron chi connectivity index (χ3n) is 7.09. The molecule has 4 N–H and O–H groups in total. The van der Waals surface area contributed by atoms with Crippen molar-refractivity contribution >= 4 is 22.7 Å². The fourth-order valence-corrected chi connectivity index (χ4v) is 5.00. The number of fused-ring (bicyclic) bond motifs is 1. The van der Waals surface area contributed by atoms with E-state index in [0.717, 1.165) is 60.5 Å². The van der Waals surface area contributed by atoms with Gasteiger partial charge in [0, 0.05) is 24.5 Å². The van der Waals surface area contributed by atoms with Gasteiger partial charge in [-0.2, -0.15) is 0 Å². The van der Waals surface area contributed by atoms with Crippen LogP contribution >= 0.6 is 0 Å². The zero-order valence-electron chi connectivity index (χ0n) is 21.0. The summed E-state index contributed by atoms with van der Waals surface area (Å²) in [4.78, 5) is 20.2. The van der Waals surface area contributed by atoms with Crippen molar-refractivity contribution in [1.82, 2.24) is 24.4 Å². The number of hydrogen-bond donors (Lipinski definition) is 2. The zero-order valence-corrected chi connectivity index (χ0v) is 21.0. The Morgan fingerprint density at radius 1 is 0.947 bits per heavy atom. The van der Waals surface area contributed by atoms with Crippen molar-refractivity contribution in [3.63, 3.8) is 0 Å². The number of anilines is 1. The maximum Gasteiger partial charge on any atom is 0.187 e. The molecule has 4 heterocycles. The topological polar surface area (TPSA) is 103 Å². The second-order valence-electron chi connectivity index (χ2n) is 9.69. The number of likely N-dealkylation sites (tertiary alicyclic amines) is 1. The third kappa shape index (κ3) is 4.61. The summed E-state index contributed by atoms with van der Waals surface area (Å²) in [5.74, 6) is 1.09. The van der Waals surface area contributed by atoms with Crippen molar-refractivity contribution < 1.29 is 0 Å². The quantitative estimate of drug-likeness (QED) is 0.321. The van der Waals surface area contributed by atoms with Gasteiger partial charge >= 0.3 is 0 Å². The monoisotopic (exact) mass is 500 g/mol. The molecule has 1 aliphatic rings.